The van der Waals surface area contributed by atoms with Gasteiger partial charge >= 0.3 is 6.03 Å². The van der Waals surface area contributed by atoms with E-state index in [4.69, 9.17) is 9.15 Å². The summed E-state index contributed by atoms with van der Waals surface area (Å²) < 4.78 is 11.2. The molecular formula is C15H23N3O3. The van der Waals surface area contributed by atoms with Crippen LogP contribution in [-0.4, -0.2) is 29.8 Å². The van der Waals surface area contributed by atoms with Gasteiger partial charge in [-0.05, 0) is 45.4 Å². The lowest BCUT2D eigenvalue weighted by Crippen LogP contribution is -2.46. The molecule has 2 atom stereocenters. The molecule has 1 saturated carbocycles. The van der Waals surface area contributed by atoms with Crippen LogP contribution in [0.5, 0.6) is 0 Å². The van der Waals surface area contributed by atoms with Crippen molar-refractivity contribution in [3.63, 3.8) is 0 Å². The van der Waals surface area contributed by atoms with Gasteiger partial charge in [0, 0.05) is 12.6 Å². The second-order valence-electron chi connectivity index (χ2n) is 6.04. The quantitative estimate of drug-likeness (QED) is 0.890. The number of ether oxygens (including phenoxy) is 1. The molecule has 0 unspecified atom stereocenters. The largest absolute Gasteiger partial charge is 0.444 e. The number of urea groups is 1. The number of carbonyl (C=O) groups excluding carboxylic acids is 1. The number of nitrogens with one attached hydrogen (secondary N) is 2. The Morgan fingerprint density at radius 1 is 1.33 bits per heavy atom. The second kappa shape index (κ2) is 6.05. The first-order chi connectivity index (χ1) is 10.1. The third kappa shape index (κ3) is 3.75. The van der Waals surface area contributed by atoms with Crippen LogP contribution in [0.3, 0.4) is 0 Å². The van der Waals surface area contributed by atoms with E-state index >= 15 is 0 Å². The Labute approximate surface area is 124 Å². The molecule has 6 heteroatoms. The minimum absolute atomic E-state index is 0.162. The molecular weight excluding hydrogens is 270 g/mol. The Kier molecular flexibility index (Phi) is 4.14. The van der Waals surface area contributed by atoms with Gasteiger partial charge in [0.2, 0.25) is 5.89 Å². The van der Waals surface area contributed by atoms with Crippen LogP contribution in [-0.2, 0) is 11.3 Å². The Morgan fingerprint density at radius 3 is 2.81 bits per heavy atom. The highest BCUT2D eigenvalue weighted by atomic mass is 16.5. The van der Waals surface area contributed by atoms with Crippen LogP contribution in [0.4, 0.5) is 4.79 Å². The highest BCUT2D eigenvalue weighted by molar-refractivity contribution is 5.74. The smallest absolute Gasteiger partial charge is 0.315 e. The van der Waals surface area contributed by atoms with Crippen LogP contribution in [0.15, 0.2) is 4.42 Å². The molecule has 2 N–H and O–H groups in total. The predicted molar refractivity (Wildman–Crippen MR) is 76.8 cm³/mol. The molecule has 116 valence electrons. The van der Waals surface area contributed by atoms with Gasteiger partial charge in [0.05, 0.1) is 18.3 Å². The molecule has 2 amide bonds. The van der Waals surface area contributed by atoms with Crippen molar-refractivity contribution in [3.8, 4) is 0 Å². The molecule has 1 aliphatic carbocycles. The molecule has 0 bridgehead atoms. The molecule has 1 aromatic heterocycles. The number of aromatic nitrogens is 1. The van der Waals surface area contributed by atoms with E-state index in [1.165, 1.54) is 12.8 Å². The van der Waals surface area contributed by atoms with Crippen LogP contribution in [0.25, 0.3) is 0 Å². The summed E-state index contributed by atoms with van der Waals surface area (Å²) >= 11 is 0. The number of rotatable bonds is 4. The van der Waals surface area contributed by atoms with E-state index in [1.807, 2.05) is 13.8 Å². The molecule has 0 spiro atoms. The topological polar surface area (TPSA) is 76.4 Å². The zero-order chi connectivity index (χ0) is 14.8. The summed E-state index contributed by atoms with van der Waals surface area (Å²) in [6.45, 7) is 4.81. The summed E-state index contributed by atoms with van der Waals surface area (Å²) in [6, 6.07) is 0.0438. The van der Waals surface area contributed by atoms with Gasteiger partial charge in [-0.2, -0.15) is 0 Å². The summed E-state index contributed by atoms with van der Waals surface area (Å²) in [5.41, 5.74) is 0.865. The van der Waals surface area contributed by atoms with E-state index < -0.39 is 0 Å². The lowest BCUT2D eigenvalue weighted by atomic mass is 10.0. The maximum Gasteiger partial charge on any atom is 0.315 e. The maximum atomic E-state index is 11.9. The third-order valence-electron chi connectivity index (χ3n) is 4.27. The molecule has 2 heterocycles. The Bertz CT molecular complexity index is 491. The van der Waals surface area contributed by atoms with Crippen LogP contribution >= 0.6 is 0 Å². The molecule has 3 rings (SSSR count). The lowest BCUT2D eigenvalue weighted by Gasteiger charge is -2.30. The normalized spacial score (nSPS) is 25.6. The maximum absolute atomic E-state index is 11.9. The van der Waals surface area contributed by atoms with Gasteiger partial charge in [0.15, 0.2) is 0 Å². The van der Waals surface area contributed by atoms with Gasteiger partial charge in [-0.25, -0.2) is 9.78 Å². The van der Waals surface area contributed by atoms with Gasteiger partial charge in [-0.15, -0.1) is 0 Å². The van der Waals surface area contributed by atoms with Gasteiger partial charge < -0.3 is 19.8 Å². The number of amides is 2. The van der Waals surface area contributed by atoms with Gasteiger partial charge in [-0.3, -0.25) is 0 Å². The Morgan fingerprint density at radius 2 is 2.14 bits per heavy atom. The van der Waals surface area contributed by atoms with Crippen molar-refractivity contribution in [1.82, 2.24) is 15.6 Å². The summed E-state index contributed by atoms with van der Waals surface area (Å²) in [5.74, 6) is 2.06. The fourth-order valence-corrected chi connectivity index (χ4v) is 2.76. The molecule has 21 heavy (non-hydrogen) atoms. The van der Waals surface area contributed by atoms with Crippen molar-refractivity contribution in [2.75, 3.05) is 6.61 Å². The highest BCUT2D eigenvalue weighted by Crippen LogP contribution is 2.38. The summed E-state index contributed by atoms with van der Waals surface area (Å²) in [6.07, 6.45) is 4.68. The third-order valence-corrected chi connectivity index (χ3v) is 4.27. The Hall–Kier alpha value is -1.56. The van der Waals surface area contributed by atoms with Crippen LogP contribution in [0.1, 0.15) is 43.0 Å². The van der Waals surface area contributed by atoms with E-state index in [-0.39, 0.29) is 12.1 Å². The molecule has 2 fully saturated rings. The molecule has 1 aromatic rings. The first-order valence-electron chi connectivity index (χ1n) is 7.70. The van der Waals surface area contributed by atoms with Crippen molar-refractivity contribution in [2.45, 2.75) is 58.2 Å². The van der Waals surface area contributed by atoms with Crippen molar-refractivity contribution in [1.29, 1.82) is 0 Å². The average Bonchev–Trinajstić information content (AvgIpc) is 3.25. The molecule has 6 nitrogen and oxygen atoms in total. The van der Waals surface area contributed by atoms with Gasteiger partial charge in [0.25, 0.3) is 0 Å². The zero-order valence-corrected chi connectivity index (χ0v) is 12.6. The van der Waals surface area contributed by atoms with Crippen molar-refractivity contribution < 1.29 is 13.9 Å². The Balaban J connectivity index is 1.43. The molecule has 0 radical (unpaired) electrons. The van der Waals surface area contributed by atoms with E-state index in [9.17, 15) is 4.79 Å². The lowest BCUT2D eigenvalue weighted by molar-refractivity contribution is -0.00915. The first-order valence-corrected chi connectivity index (χ1v) is 7.70. The molecule has 1 aliphatic heterocycles. The summed E-state index contributed by atoms with van der Waals surface area (Å²) in [4.78, 5) is 16.2. The number of carbonyl (C=O) groups is 1. The van der Waals surface area contributed by atoms with Gasteiger partial charge in [-0.1, -0.05) is 0 Å². The molecule has 1 saturated heterocycles. The monoisotopic (exact) mass is 293 g/mol. The number of aryl methyl sites for hydroxylation is 2. The van der Waals surface area contributed by atoms with E-state index in [0.29, 0.717) is 18.5 Å². The highest BCUT2D eigenvalue weighted by Gasteiger charge is 2.36. The van der Waals surface area contributed by atoms with E-state index in [0.717, 1.165) is 36.8 Å². The van der Waals surface area contributed by atoms with Crippen LogP contribution in [0.2, 0.25) is 0 Å². The molecule has 0 aromatic carbocycles. The minimum Gasteiger partial charge on any atom is -0.444 e. The van der Waals surface area contributed by atoms with Crippen molar-refractivity contribution in [3.05, 3.63) is 17.3 Å². The SMILES string of the molecule is Cc1nc(CNC(=O)N[C@H]2CCO[C@H](C3CC3)C2)oc1C. The van der Waals surface area contributed by atoms with E-state index in [2.05, 4.69) is 15.6 Å². The van der Waals surface area contributed by atoms with E-state index in [1.54, 1.807) is 0 Å². The van der Waals surface area contributed by atoms with Crippen LogP contribution < -0.4 is 10.6 Å². The number of oxazole rings is 1. The fraction of sp³-hybridized carbons (Fsp3) is 0.733. The zero-order valence-electron chi connectivity index (χ0n) is 12.6. The molecule has 2 aliphatic rings. The van der Waals surface area contributed by atoms with Crippen LogP contribution in [0, 0.1) is 19.8 Å². The standard InChI is InChI=1S/C15H23N3O3/c1-9-10(2)21-14(17-9)8-16-15(19)18-12-5-6-20-13(7-12)11-3-4-11/h11-13H,3-8H2,1-2H3,(H2,16,18,19)/t12-,13-/m0/s1. The van der Waals surface area contributed by atoms with Crippen molar-refractivity contribution in [2.24, 2.45) is 5.92 Å². The fourth-order valence-electron chi connectivity index (χ4n) is 2.76. The number of nitrogens with zero attached hydrogens (tertiary/aromatic N) is 1. The first kappa shape index (κ1) is 14.4. The number of hydrogen-bond donors (Lipinski definition) is 2. The summed E-state index contributed by atoms with van der Waals surface area (Å²) in [5, 5.41) is 5.82. The van der Waals surface area contributed by atoms with Gasteiger partial charge in [0.1, 0.15) is 5.76 Å². The number of hydrogen-bond acceptors (Lipinski definition) is 4. The second-order valence-corrected chi connectivity index (χ2v) is 6.04. The summed E-state index contributed by atoms with van der Waals surface area (Å²) in [7, 11) is 0. The van der Waals surface area contributed by atoms with Crippen molar-refractivity contribution >= 4 is 6.03 Å². The average molecular weight is 293 g/mol. The predicted octanol–water partition coefficient (Wildman–Crippen LogP) is 2.05. The minimum atomic E-state index is -0.162.